The molecular weight excluding hydrogens is 316 g/mol. The molecule has 2 rings (SSSR count). The van der Waals surface area contributed by atoms with Crippen LogP contribution in [0.2, 0.25) is 0 Å². The largest absolute Gasteiger partial charge is 0.271 e. The fourth-order valence-corrected chi connectivity index (χ4v) is 2.41. The molecule has 102 valence electrons. The van der Waals surface area contributed by atoms with E-state index in [0.29, 0.717) is 5.56 Å². The zero-order valence-electron chi connectivity index (χ0n) is 11.4. The van der Waals surface area contributed by atoms with Crippen molar-refractivity contribution >= 4 is 27.5 Å². The van der Waals surface area contributed by atoms with Gasteiger partial charge < -0.3 is 0 Å². The minimum atomic E-state index is -0.200. The van der Waals surface area contributed by atoms with Crippen molar-refractivity contribution < 1.29 is 4.79 Å². The van der Waals surface area contributed by atoms with E-state index in [1.54, 1.807) is 6.07 Å². The summed E-state index contributed by atoms with van der Waals surface area (Å²) in [7, 11) is 0. The first-order valence-corrected chi connectivity index (χ1v) is 7.04. The molecule has 4 heteroatoms. The summed E-state index contributed by atoms with van der Waals surface area (Å²) in [6.07, 6.45) is 0. The van der Waals surface area contributed by atoms with Crippen LogP contribution in [0.4, 0.5) is 0 Å². The van der Waals surface area contributed by atoms with Crippen LogP contribution in [0.1, 0.15) is 28.4 Å². The number of amides is 1. The smallest absolute Gasteiger partial charge is 0.267 e. The van der Waals surface area contributed by atoms with Gasteiger partial charge in [-0.15, -0.1) is 0 Å². The Morgan fingerprint density at radius 2 is 1.65 bits per heavy atom. The zero-order chi connectivity index (χ0) is 14.5. The van der Waals surface area contributed by atoms with Crippen LogP contribution in [0.5, 0.6) is 0 Å². The van der Waals surface area contributed by atoms with Crippen molar-refractivity contribution in [1.29, 1.82) is 0 Å². The van der Waals surface area contributed by atoms with Crippen molar-refractivity contribution in [3.63, 3.8) is 0 Å². The van der Waals surface area contributed by atoms with E-state index in [1.807, 2.05) is 56.3 Å². The van der Waals surface area contributed by atoms with Gasteiger partial charge in [0.15, 0.2) is 0 Å². The number of halogens is 1. The number of rotatable bonds is 3. The predicted octanol–water partition coefficient (Wildman–Crippen LogP) is 3.91. The molecule has 0 radical (unpaired) electrons. The predicted molar refractivity (Wildman–Crippen MR) is 85.0 cm³/mol. The molecule has 0 bridgehead atoms. The maximum Gasteiger partial charge on any atom is 0.271 e. The number of aryl methyl sites for hydroxylation is 1. The van der Waals surface area contributed by atoms with Gasteiger partial charge in [-0.2, -0.15) is 5.10 Å². The maximum atomic E-state index is 12.1. The van der Waals surface area contributed by atoms with E-state index in [0.717, 1.165) is 21.3 Å². The Labute approximate surface area is 126 Å². The van der Waals surface area contributed by atoms with Crippen molar-refractivity contribution in [3.05, 3.63) is 69.7 Å². The van der Waals surface area contributed by atoms with Crippen LogP contribution < -0.4 is 5.43 Å². The lowest BCUT2D eigenvalue weighted by Gasteiger charge is -2.06. The van der Waals surface area contributed by atoms with Gasteiger partial charge in [0.25, 0.3) is 5.91 Å². The molecule has 1 N–H and O–H groups in total. The van der Waals surface area contributed by atoms with Crippen LogP contribution in [0.25, 0.3) is 0 Å². The highest BCUT2D eigenvalue weighted by Crippen LogP contribution is 2.16. The molecule has 1 amide bonds. The van der Waals surface area contributed by atoms with E-state index >= 15 is 0 Å². The molecule has 0 saturated carbocycles. The van der Waals surface area contributed by atoms with E-state index in [1.165, 1.54) is 0 Å². The van der Waals surface area contributed by atoms with Crippen LogP contribution in [0.3, 0.4) is 0 Å². The van der Waals surface area contributed by atoms with E-state index in [2.05, 4.69) is 26.5 Å². The standard InChI is InChI=1S/C16H15BrN2O/c1-11-7-3-4-8-13(11)16(20)19-18-12(2)14-9-5-6-10-15(14)17/h3-10H,1-2H3,(H,19,20)/b18-12-. The van der Waals surface area contributed by atoms with Crippen LogP contribution in [0.15, 0.2) is 58.1 Å². The highest BCUT2D eigenvalue weighted by Gasteiger charge is 2.08. The third-order valence-electron chi connectivity index (χ3n) is 2.98. The minimum absolute atomic E-state index is 0.200. The second-order valence-electron chi connectivity index (χ2n) is 4.43. The lowest BCUT2D eigenvalue weighted by atomic mass is 10.1. The summed E-state index contributed by atoms with van der Waals surface area (Å²) in [4.78, 5) is 12.1. The number of hydrogen-bond acceptors (Lipinski definition) is 2. The van der Waals surface area contributed by atoms with E-state index < -0.39 is 0 Å². The molecule has 2 aromatic rings. The minimum Gasteiger partial charge on any atom is -0.267 e. The first-order valence-electron chi connectivity index (χ1n) is 6.25. The van der Waals surface area contributed by atoms with Crippen molar-refractivity contribution in [2.24, 2.45) is 5.10 Å². The Balaban J connectivity index is 2.16. The summed E-state index contributed by atoms with van der Waals surface area (Å²) in [5.74, 6) is -0.200. The molecule has 0 unspecified atom stereocenters. The molecule has 3 nitrogen and oxygen atoms in total. The Morgan fingerprint density at radius 3 is 2.30 bits per heavy atom. The number of carbonyl (C=O) groups excluding carboxylic acids is 1. The molecule has 0 atom stereocenters. The van der Waals surface area contributed by atoms with Gasteiger partial charge in [-0.3, -0.25) is 4.79 Å². The van der Waals surface area contributed by atoms with Crippen molar-refractivity contribution in [2.75, 3.05) is 0 Å². The molecule has 0 aromatic heterocycles. The summed E-state index contributed by atoms with van der Waals surface area (Å²) in [5, 5.41) is 4.16. The maximum absolute atomic E-state index is 12.1. The van der Waals surface area contributed by atoms with Crippen LogP contribution >= 0.6 is 15.9 Å². The Kier molecular flexibility index (Phi) is 4.69. The molecular formula is C16H15BrN2O. The summed E-state index contributed by atoms with van der Waals surface area (Å²) in [5.41, 5.74) is 5.86. The zero-order valence-corrected chi connectivity index (χ0v) is 12.9. The average Bonchev–Trinajstić information content (AvgIpc) is 2.45. The number of nitrogens with zero attached hydrogens (tertiary/aromatic N) is 1. The lowest BCUT2D eigenvalue weighted by Crippen LogP contribution is -2.20. The summed E-state index contributed by atoms with van der Waals surface area (Å²) < 4.78 is 0.950. The SMILES string of the molecule is C/C(=N/NC(=O)c1ccccc1C)c1ccccc1Br. The highest BCUT2D eigenvalue weighted by molar-refractivity contribution is 9.10. The van der Waals surface area contributed by atoms with Gasteiger partial charge in [-0.05, 0) is 31.5 Å². The topological polar surface area (TPSA) is 41.5 Å². The Hall–Kier alpha value is -1.94. The molecule has 0 fully saturated rings. The number of hydrogen-bond donors (Lipinski definition) is 1. The molecule has 0 heterocycles. The number of carbonyl (C=O) groups is 1. The molecule has 2 aromatic carbocycles. The van der Waals surface area contributed by atoms with Crippen molar-refractivity contribution in [1.82, 2.24) is 5.43 Å². The normalized spacial score (nSPS) is 11.2. The Bertz CT molecular complexity index is 665. The first kappa shape index (κ1) is 14.5. The fourth-order valence-electron chi connectivity index (χ4n) is 1.84. The Morgan fingerprint density at radius 1 is 1.05 bits per heavy atom. The van der Waals surface area contributed by atoms with Crippen LogP contribution in [0, 0.1) is 6.92 Å². The quantitative estimate of drug-likeness (QED) is 0.672. The summed E-state index contributed by atoms with van der Waals surface area (Å²) in [6.45, 7) is 3.76. The van der Waals surface area contributed by atoms with Gasteiger partial charge in [-0.1, -0.05) is 52.3 Å². The van der Waals surface area contributed by atoms with Crippen molar-refractivity contribution in [3.8, 4) is 0 Å². The molecule has 0 spiro atoms. The second kappa shape index (κ2) is 6.48. The van der Waals surface area contributed by atoms with Crippen molar-refractivity contribution in [2.45, 2.75) is 13.8 Å². The van der Waals surface area contributed by atoms with Gasteiger partial charge in [0.2, 0.25) is 0 Å². The summed E-state index contributed by atoms with van der Waals surface area (Å²) >= 11 is 3.47. The van der Waals surface area contributed by atoms with Gasteiger partial charge in [0.05, 0.1) is 5.71 Å². The van der Waals surface area contributed by atoms with Crippen LogP contribution in [-0.4, -0.2) is 11.6 Å². The second-order valence-corrected chi connectivity index (χ2v) is 5.29. The van der Waals surface area contributed by atoms with E-state index in [4.69, 9.17) is 0 Å². The molecule has 0 saturated heterocycles. The van der Waals surface area contributed by atoms with Gasteiger partial charge >= 0.3 is 0 Å². The number of benzene rings is 2. The lowest BCUT2D eigenvalue weighted by molar-refractivity contribution is 0.0954. The first-order chi connectivity index (χ1) is 9.59. The fraction of sp³-hybridized carbons (Fsp3) is 0.125. The monoisotopic (exact) mass is 330 g/mol. The molecule has 0 aliphatic carbocycles. The van der Waals surface area contributed by atoms with Crippen LogP contribution in [-0.2, 0) is 0 Å². The van der Waals surface area contributed by atoms with Gasteiger partial charge in [0, 0.05) is 15.6 Å². The third-order valence-corrected chi connectivity index (χ3v) is 3.67. The van der Waals surface area contributed by atoms with E-state index in [-0.39, 0.29) is 5.91 Å². The third kappa shape index (κ3) is 3.33. The molecule has 20 heavy (non-hydrogen) atoms. The number of hydrazone groups is 1. The highest BCUT2D eigenvalue weighted by atomic mass is 79.9. The molecule has 0 aliphatic heterocycles. The average molecular weight is 331 g/mol. The summed E-state index contributed by atoms with van der Waals surface area (Å²) in [6, 6.07) is 15.2. The van der Waals surface area contributed by atoms with Gasteiger partial charge in [-0.25, -0.2) is 5.43 Å². The number of nitrogens with one attached hydrogen (secondary N) is 1. The molecule has 0 aliphatic rings. The van der Waals surface area contributed by atoms with E-state index in [9.17, 15) is 4.79 Å². The van der Waals surface area contributed by atoms with Gasteiger partial charge in [0.1, 0.15) is 0 Å².